The van der Waals surface area contributed by atoms with Crippen LogP contribution in [0.1, 0.15) is 26.2 Å². The number of carbonyl (C=O) groups is 1. The predicted octanol–water partition coefficient (Wildman–Crippen LogP) is 3.29. The fourth-order valence-corrected chi connectivity index (χ4v) is 4.29. The lowest BCUT2D eigenvalue weighted by Gasteiger charge is -2.24. The lowest BCUT2D eigenvalue weighted by Crippen LogP contribution is -2.25. The highest BCUT2D eigenvalue weighted by Gasteiger charge is 2.27. The molecule has 1 amide bonds. The molecule has 9 nitrogen and oxygen atoms in total. The number of hydrogen-bond donors (Lipinski definition) is 1. The van der Waals surface area contributed by atoms with Crippen molar-refractivity contribution in [2.24, 2.45) is 0 Å². The van der Waals surface area contributed by atoms with Crippen LogP contribution < -0.4 is 10.1 Å². The maximum Gasteiger partial charge on any atom is 0.273 e. The van der Waals surface area contributed by atoms with Crippen LogP contribution in [-0.2, 0) is 19.4 Å². The van der Waals surface area contributed by atoms with Crippen LogP contribution in [0.3, 0.4) is 0 Å². The highest BCUT2D eigenvalue weighted by Crippen LogP contribution is 2.34. The molecule has 10 heteroatoms. The number of nitrogens with zero attached hydrogens (tertiary/aromatic N) is 1. The smallest absolute Gasteiger partial charge is 0.273 e. The van der Waals surface area contributed by atoms with Crippen LogP contribution in [0, 0.1) is 10.1 Å². The summed E-state index contributed by atoms with van der Waals surface area (Å²) in [5, 5.41) is 13.7. The molecule has 0 aliphatic carbocycles. The summed E-state index contributed by atoms with van der Waals surface area (Å²) < 4.78 is 37.4. The van der Waals surface area contributed by atoms with Crippen LogP contribution in [0.15, 0.2) is 52.3 Å². The molecule has 1 saturated heterocycles. The maximum absolute atomic E-state index is 13.1. The van der Waals surface area contributed by atoms with E-state index in [1.807, 2.05) is 0 Å². The first kappa shape index (κ1) is 20.7. The van der Waals surface area contributed by atoms with E-state index in [9.17, 15) is 23.3 Å². The number of sulfone groups is 1. The molecule has 1 atom stereocenters. The largest absolute Gasteiger partial charge is 0.463 e. The van der Waals surface area contributed by atoms with Crippen LogP contribution in [0.4, 0.5) is 11.4 Å². The molecule has 0 radical (unpaired) electrons. The fourth-order valence-electron chi connectivity index (χ4n) is 2.92. The van der Waals surface area contributed by atoms with E-state index in [0.29, 0.717) is 18.7 Å². The Kier molecular flexibility index (Phi) is 6.14. The Bertz CT molecular complexity index is 1010. The molecule has 1 aliphatic heterocycles. The first-order valence-corrected chi connectivity index (χ1v) is 10.4. The van der Waals surface area contributed by atoms with Crippen molar-refractivity contribution < 1.29 is 27.6 Å². The second-order valence-electron chi connectivity index (χ2n) is 6.51. The van der Waals surface area contributed by atoms with E-state index in [4.69, 9.17) is 9.47 Å². The van der Waals surface area contributed by atoms with Gasteiger partial charge >= 0.3 is 0 Å². The van der Waals surface area contributed by atoms with Gasteiger partial charge in [-0.1, -0.05) is 0 Å². The molecule has 0 bridgehead atoms. The number of carbonyl (C=O) groups excluding carboxylic acids is 1. The molecular formula is C19H20N2O7S. The summed E-state index contributed by atoms with van der Waals surface area (Å²) >= 11 is 0. The zero-order valence-electron chi connectivity index (χ0n) is 15.7. The summed E-state index contributed by atoms with van der Waals surface area (Å²) in [6.45, 7) is 1.82. The number of hydrogen-bond acceptors (Lipinski definition) is 7. The van der Waals surface area contributed by atoms with Gasteiger partial charge in [-0.2, -0.15) is 0 Å². The summed E-state index contributed by atoms with van der Waals surface area (Å²) in [6.07, 6.45) is 1.63. The van der Waals surface area contributed by atoms with Crippen molar-refractivity contribution in [3.05, 3.63) is 52.6 Å². The van der Waals surface area contributed by atoms with Crippen molar-refractivity contribution in [2.75, 3.05) is 11.9 Å². The number of anilines is 1. The molecular weight excluding hydrogens is 400 g/mol. The van der Waals surface area contributed by atoms with Gasteiger partial charge in [-0.05, 0) is 43.2 Å². The number of benzene rings is 2. The van der Waals surface area contributed by atoms with Gasteiger partial charge in [0.2, 0.25) is 15.7 Å². The third kappa shape index (κ3) is 4.90. The standard InChI is InChI=1S/C19H20N2O7S/c1-13(22)20-14-5-8-16(9-6-14)29(25,26)18-10-7-15(21(23)24)12-17(18)28-19-4-2-3-11-27-19/h5-10,12,19H,2-4,11H2,1H3,(H,20,22). The first-order valence-electron chi connectivity index (χ1n) is 8.97. The molecule has 1 N–H and O–H groups in total. The molecule has 0 aromatic heterocycles. The van der Waals surface area contributed by atoms with Gasteiger partial charge in [-0.3, -0.25) is 14.9 Å². The SMILES string of the molecule is CC(=O)Nc1ccc(S(=O)(=O)c2ccc([N+](=O)[O-])cc2OC2CCCCO2)cc1. The molecule has 1 aliphatic rings. The molecule has 1 fully saturated rings. The molecule has 29 heavy (non-hydrogen) atoms. The van der Waals surface area contributed by atoms with E-state index in [1.54, 1.807) is 0 Å². The lowest BCUT2D eigenvalue weighted by atomic mass is 10.2. The van der Waals surface area contributed by atoms with Crippen molar-refractivity contribution in [1.82, 2.24) is 0 Å². The minimum Gasteiger partial charge on any atom is -0.463 e. The first-order chi connectivity index (χ1) is 13.8. The lowest BCUT2D eigenvalue weighted by molar-refractivity contribution is -0.385. The average Bonchev–Trinajstić information content (AvgIpc) is 2.68. The number of non-ortho nitro benzene ring substituents is 1. The average molecular weight is 420 g/mol. The zero-order chi connectivity index (χ0) is 21.0. The number of nitrogens with one attached hydrogen (secondary N) is 1. The summed E-state index contributed by atoms with van der Waals surface area (Å²) in [4.78, 5) is 21.4. The van der Waals surface area contributed by atoms with Gasteiger partial charge in [-0.15, -0.1) is 0 Å². The zero-order valence-corrected chi connectivity index (χ0v) is 16.5. The van der Waals surface area contributed by atoms with Crippen molar-refractivity contribution in [3.63, 3.8) is 0 Å². The van der Waals surface area contributed by atoms with E-state index in [2.05, 4.69) is 5.32 Å². The fraction of sp³-hybridized carbons (Fsp3) is 0.316. The molecule has 3 rings (SSSR count). The van der Waals surface area contributed by atoms with Crippen molar-refractivity contribution in [3.8, 4) is 5.75 Å². The van der Waals surface area contributed by atoms with Crippen molar-refractivity contribution in [2.45, 2.75) is 42.3 Å². The molecule has 0 saturated carbocycles. The number of ether oxygens (including phenoxy) is 2. The monoisotopic (exact) mass is 420 g/mol. The summed E-state index contributed by atoms with van der Waals surface area (Å²) in [7, 11) is -4.02. The molecule has 1 unspecified atom stereocenters. The molecule has 154 valence electrons. The maximum atomic E-state index is 13.1. The molecule has 1 heterocycles. The minimum absolute atomic E-state index is 0.0325. The van der Waals surface area contributed by atoms with E-state index in [-0.39, 0.29) is 27.1 Å². The van der Waals surface area contributed by atoms with Crippen LogP contribution in [-0.4, -0.2) is 32.1 Å². The van der Waals surface area contributed by atoms with Crippen LogP contribution in [0.5, 0.6) is 5.75 Å². The Morgan fingerprint density at radius 2 is 1.93 bits per heavy atom. The van der Waals surface area contributed by atoms with Crippen LogP contribution >= 0.6 is 0 Å². The Labute approximate surface area is 167 Å². The minimum atomic E-state index is -4.02. The number of nitro benzene ring substituents is 1. The summed E-state index contributed by atoms with van der Waals surface area (Å²) in [6, 6.07) is 9.00. The Balaban J connectivity index is 1.98. The Morgan fingerprint density at radius 3 is 2.52 bits per heavy atom. The Hall–Kier alpha value is -2.98. The van der Waals surface area contributed by atoms with E-state index in [1.165, 1.54) is 31.2 Å². The van der Waals surface area contributed by atoms with Crippen molar-refractivity contribution in [1.29, 1.82) is 0 Å². The predicted molar refractivity (Wildman–Crippen MR) is 104 cm³/mol. The quantitative estimate of drug-likeness (QED) is 0.561. The second-order valence-corrected chi connectivity index (χ2v) is 8.43. The van der Waals surface area contributed by atoms with E-state index >= 15 is 0 Å². The van der Waals surface area contributed by atoms with Crippen LogP contribution in [0.25, 0.3) is 0 Å². The Morgan fingerprint density at radius 1 is 1.21 bits per heavy atom. The normalized spacial score (nSPS) is 16.8. The van der Waals surface area contributed by atoms with Gasteiger partial charge in [0.15, 0.2) is 6.29 Å². The van der Waals surface area contributed by atoms with Gasteiger partial charge in [0.1, 0.15) is 10.6 Å². The van der Waals surface area contributed by atoms with Gasteiger partial charge < -0.3 is 14.8 Å². The summed E-state index contributed by atoms with van der Waals surface area (Å²) in [5.74, 6) is -0.406. The van der Waals surface area contributed by atoms with Crippen molar-refractivity contribution >= 4 is 27.1 Å². The number of amides is 1. The van der Waals surface area contributed by atoms with Gasteiger partial charge in [0.25, 0.3) is 5.69 Å². The second kappa shape index (κ2) is 8.58. The van der Waals surface area contributed by atoms with Gasteiger partial charge in [0.05, 0.1) is 22.5 Å². The third-order valence-electron chi connectivity index (χ3n) is 4.31. The molecule has 0 spiro atoms. The van der Waals surface area contributed by atoms with Crippen LogP contribution in [0.2, 0.25) is 0 Å². The topological polar surface area (TPSA) is 125 Å². The summed E-state index contributed by atoms with van der Waals surface area (Å²) in [5.41, 5.74) is 0.169. The third-order valence-corrected chi connectivity index (χ3v) is 6.12. The number of nitro groups is 1. The van der Waals surface area contributed by atoms with E-state index in [0.717, 1.165) is 31.0 Å². The van der Waals surface area contributed by atoms with E-state index < -0.39 is 21.1 Å². The molecule has 2 aromatic carbocycles. The molecule has 2 aromatic rings. The highest BCUT2D eigenvalue weighted by molar-refractivity contribution is 7.91. The highest BCUT2D eigenvalue weighted by atomic mass is 32.2. The number of rotatable bonds is 6. The van der Waals surface area contributed by atoms with Gasteiger partial charge in [-0.25, -0.2) is 8.42 Å². The van der Waals surface area contributed by atoms with Gasteiger partial charge in [0, 0.05) is 25.1 Å².